The maximum absolute atomic E-state index is 13.4. The van der Waals surface area contributed by atoms with Crippen molar-refractivity contribution >= 4 is 23.2 Å². The largest absolute Gasteiger partial charge is 0.416 e. The van der Waals surface area contributed by atoms with Gasteiger partial charge >= 0.3 is 6.18 Å². The average Bonchev–Trinajstić information content (AvgIpc) is 2.72. The van der Waals surface area contributed by atoms with Gasteiger partial charge in [0.25, 0.3) is 5.91 Å². The number of nitrogens with zero attached hydrogens (tertiary/aromatic N) is 2. The first-order chi connectivity index (χ1) is 14.6. The summed E-state index contributed by atoms with van der Waals surface area (Å²) in [6, 6.07) is 11.9. The van der Waals surface area contributed by atoms with E-state index < -0.39 is 23.8 Å². The fourth-order valence-corrected chi connectivity index (χ4v) is 3.54. The van der Waals surface area contributed by atoms with Crippen LogP contribution in [0.4, 0.5) is 18.9 Å². The monoisotopic (exact) mass is 448 g/mol. The molecule has 0 aliphatic heterocycles. The molecule has 0 aliphatic carbocycles. The molecule has 1 unspecified atom stereocenters. The van der Waals surface area contributed by atoms with E-state index in [-0.39, 0.29) is 17.5 Å². The van der Waals surface area contributed by atoms with Gasteiger partial charge in [-0.3, -0.25) is 9.78 Å². The number of alkyl halides is 3. The van der Waals surface area contributed by atoms with Crippen LogP contribution in [0.15, 0.2) is 60.9 Å². The first-order valence-electron chi connectivity index (χ1n) is 9.44. The summed E-state index contributed by atoms with van der Waals surface area (Å²) < 4.78 is 40.2. The normalized spacial score (nSPS) is 12.5. The minimum Gasteiger partial charge on any atom is -0.393 e. The quantitative estimate of drug-likeness (QED) is 0.551. The van der Waals surface area contributed by atoms with Gasteiger partial charge in [-0.2, -0.15) is 13.2 Å². The summed E-state index contributed by atoms with van der Waals surface area (Å²) in [7, 11) is 1.47. The minimum atomic E-state index is -4.63. The molecule has 31 heavy (non-hydrogen) atoms. The van der Waals surface area contributed by atoms with E-state index in [1.165, 1.54) is 31.1 Å². The zero-order chi connectivity index (χ0) is 22.8. The third-order valence-electron chi connectivity index (χ3n) is 4.73. The van der Waals surface area contributed by atoms with Gasteiger partial charge in [0.1, 0.15) is 0 Å². The van der Waals surface area contributed by atoms with Crippen molar-refractivity contribution in [2.24, 2.45) is 0 Å². The van der Waals surface area contributed by atoms with Crippen LogP contribution >= 0.6 is 11.6 Å². The second-order valence-corrected chi connectivity index (χ2v) is 7.61. The molecule has 0 aliphatic rings. The van der Waals surface area contributed by atoms with E-state index in [0.717, 1.165) is 12.1 Å². The van der Waals surface area contributed by atoms with E-state index >= 15 is 0 Å². The van der Waals surface area contributed by atoms with Crippen molar-refractivity contribution in [1.29, 1.82) is 0 Å². The molecule has 1 aromatic heterocycles. The molecule has 0 spiro atoms. The highest BCUT2D eigenvalue weighted by molar-refractivity contribution is 6.33. The SMILES string of the molecule is CC(O)Cc1cc(C(=O)N(C)c2cnccc2-c2ccccc2Cl)cc(C(F)(F)F)c1. The van der Waals surface area contributed by atoms with Gasteiger partial charge in [-0.25, -0.2) is 0 Å². The number of amides is 1. The molecule has 162 valence electrons. The van der Waals surface area contributed by atoms with Crippen LogP contribution in [0.2, 0.25) is 5.02 Å². The molecule has 0 fully saturated rings. The number of anilines is 1. The topological polar surface area (TPSA) is 53.4 Å². The number of rotatable bonds is 5. The van der Waals surface area contributed by atoms with Gasteiger partial charge in [-0.1, -0.05) is 29.8 Å². The first kappa shape index (κ1) is 22.8. The molecule has 1 atom stereocenters. The number of carbonyl (C=O) groups is 1. The molecule has 8 heteroatoms. The zero-order valence-corrected chi connectivity index (χ0v) is 17.6. The Hall–Kier alpha value is -2.90. The molecule has 0 bridgehead atoms. The average molecular weight is 449 g/mol. The maximum atomic E-state index is 13.4. The lowest BCUT2D eigenvalue weighted by Crippen LogP contribution is -2.27. The van der Waals surface area contributed by atoms with Crippen LogP contribution in [0.1, 0.15) is 28.4 Å². The van der Waals surface area contributed by atoms with Crippen molar-refractivity contribution in [3.63, 3.8) is 0 Å². The number of aliphatic hydroxyl groups is 1. The second kappa shape index (κ2) is 9.08. The van der Waals surface area contributed by atoms with E-state index in [4.69, 9.17) is 11.6 Å². The van der Waals surface area contributed by atoms with Crippen molar-refractivity contribution in [2.75, 3.05) is 11.9 Å². The molecule has 3 aromatic rings. The molecule has 1 amide bonds. The Balaban J connectivity index is 2.06. The van der Waals surface area contributed by atoms with Gasteiger partial charge in [0.2, 0.25) is 0 Å². The Kier molecular flexibility index (Phi) is 6.67. The summed E-state index contributed by atoms with van der Waals surface area (Å²) >= 11 is 6.30. The molecule has 2 aromatic carbocycles. The highest BCUT2D eigenvalue weighted by atomic mass is 35.5. The molecule has 4 nitrogen and oxygen atoms in total. The Morgan fingerprint density at radius 2 is 1.87 bits per heavy atom. The number of carbonyl (C=O) groups excluding carboxylic acids is 1. The molecule has 3 rings (SSSR count). The number of hydrogen-bond donors (Lipinski definition) is 1. The molecular weight excluding hydrogens is 429 g/mol. The highest BCUT2D eigenvalue weighted by Gasteiger charge is 2.32. The summed E-state index contributed by atoms with van der Waals surface area (Å²) in [5.74, 6) is -0.640. The summed E-state index contributed by atoms with van der Waals surface area (Å²) in [6.45, 7) is 1.47. The molecular formula is C23H20ClF3N2O2. The molecule has 0 radical (unpaired) electrons. The van der Waals surface area contributed by atoms with Crippen LogP contribution in [0, 0.1) is 0 Å². The van der Waals surface area contributed by atoms with Crippen LogP contribution in [0.5, 0.6) is 0 Å². The van der Waals surface area contributed by atoms with Crippen molar-refractivity contribution < 1.29 is 23.1 Å². The van der Waals surface area contributed by atoms with Crippen LogP contribution in [0.25, 0.3) is 11.1 Å². The Morgan fingerprint density at radius 3 is 2.52 bits per heavy atom. The summed E-state index contributed by atoms with van der Waals surface area (Å²) in [6.07, 6.45) is -2.48. The highest BCUT2D eigenvalue weighted by Crippen LogP contribution is 2.35. The number of halogens is 4. The number of pyridine rings is 1. The van der Waals surface area contributed by atoms with E-state index in [9.17, 15) is 23.1 Å². The van der Waals surface area contributed by atoms with Gasteiger partial charge in [-0.15, -0.1) is 0 Å². The lowest BCUT2D eigenvalue weighted by Gasteiger charge is -2.22. The fourth-order valence-electron chi connectivity index (χ4n) is 3.30. The number of aromatic nitrogens is 1. The van der Waals surface area contributed by atoms with Crippen molar-refractivity contribution in [3.05, 3.63) is 82.6 Å². The molecule has 1 heterocycles. The number of hydrogen-bond acceptors (Lipinski definition) is 3. The lowest BCUT2D eigenvalue weighted by atomic mass is 10.00. The minimum absolute atomic E-state index is 0.00825. The van der Waals surface area contributed by atoms with Crippen LogP contribution < -0.4 is 4.90 Å². The van der Waals surface area contributed by atoms with Crippen LogP contribution in [-0.4, -0.2) is 29.1 Å². The maximum Gasteiger partial charge on any atom is 0.416 e. The third-order valence-corrected chi connectivity index (χ3v) is 5.06. The van der Waals surface area contributed by atoms with Crippen LogP contribution in [-0.2, 0) is 12.6 Å². The Morgan fingerprint density at radius 1 is 1.16 bits per heavy atom. The molecule has 0 saturated heterocycles. The Labute approximate surface area is 182 Å². The van der Waals surface area contributed by atoms with Gasteiger partial charge in [0, 0.05) is 35.0 Å². The van der Waals surface area contributed by atoms with Gasteiger partial charge in [0.15, 0.2) is 0 Å². The van der Waals surface area contributed by atoms with Crippen molar-refractivity contribution in [3.8, 4) is 11.1 Å². The molecule has 0 saturated carbocycles. The lowest BCUT2D eigenvalue weighted by molar-refractivity contribution is -0.137. The Bertz CT molecular complexity index is 1100. The van der Waals surface area contributed by atoms with E-state index in [1.807, 2.05) is 0 Å². The third kappa shape index (κ3) is 5.24. The second-order valence-electron chi connectivity index (χ2n) is 7.21. The summed E-state index contributed by atoms with van der Waals surface area (Å²) in [5, 5.41) is 10.1. The molecule has 1 N–H and O–H groups in total. The zero-order valence-electron chi connectivity index (χ0n) is 16.8. The van der Waals surface area contributed by atoms with Gasteiger partial charge < -0.3 is 10.0 Å². The van der Waals surface area contributed by atoms with Crippen molar-refractivity contribution in [1.82, 2.24) is 4.98 Å². The van der Waals surface area contributed by atoms with Crippen molar-refractivity contribution in [2.45, 2.75) is 25.6 Å². The van der Waals surface area contributed by atoms with E-state index in [1.54, 1.807) is 36.5 Å². The van der Waals surface area contributed by atoms with E-state index in [0.29, 0.717) is 21.8 Å². The first-order valence-corrected chi connectivity index (χ1v) is 9.82. The van der Waals surface area contributed by atoms with Gasteiger partial charge in [-0.05, 0) is 49.2 Å². The fraction of sp³-hybridized carbons (Fsp3) is 0.217. The summed E-state index contributed by atoms with van der Waals surface area (Å²) in [5.41, 5.74) is 0.823. The number of benzene rings is 2. The summed E-state index contributed by atoms with van der Waals surface area (Å²) in [4.78, 5) is 18.5. The van der Waals surface area contributed by atoms with E-state index in [2.05, 4.69) is 4.98 Å². The smallest absolute Gasteiger partial charge is 0.393 e. The number of aliphatic hydroxyl groups excluding tert-OH is 1. The predicted molar refractivity (Wildman–Crippen MR) is 114 cm³/mol. The van der Waals surface area contributed by atoms with Gasteiger partial charge in [0.05, 0.1) is 23.6 Å². The standard InChI is InChI=1S/C23H20ClF3N2O2/c1-14(30)9-15-10-16(12-17(11-15)23(25,26)27)22(31)29(2)21-13-28-8-7-19(21)18-5-3-4-6-20(18)24/h3-8,10-14,30H,9H2,1-2H3. The van der Waals surface area contributed by atoms with Crippen LogP contribution in [0.3, 0.4) is 0 Å². The predicted octanol–water partition coefficient (Wildman–Crippen LogP) is 5.62.